The molecule has 0 spiro atoms. The van der Waals surface area contributed by atoms with Crippen LogP contribution in [0.1, 0.15) is 36.5 Å². The molecule has 23 heavy (non-hydrogen) atoms. The number of carbonyl (C=O) groups is 1. The molecule has 0 fully saturated rings. The maximum absolute atomic E-state index is 12.5. The van der Waals surface area contributed by atoms with Gasteiger partial charge in [0.1, 0.15) is 5.58 Å². The van der Waals surface area contributed by atoms with E-state index < -0.39 is 0 Å². The minimum absolute atomic E-state index is 0.0548. The van der Waals surface area contributed by atoms with Crippen LogP contribution in [0.25, 0.3) is 11.0 Å². The van der Waals surface area contributed by atoms with Crippen molar-refractivity contribution in [2.75, 3.05) is 13.1 Å². The third-order valence-corrected chi connectivity index (χ3v) is 4.06. The second kappa shape index (κ2) is 7.32. The molecule has 0 aliphatic rings. The molecule has 122 valence electrons. The number of rotatable bonds is 7. The first-order chi connectivity index (χ1) is 11.0. The first-order valence-electron chi connectivity index (χ1n) is 7.98. The molecule has 0 unspecified atom stereocenters. The molecule has 0 saturated carbocycles. The Bertz CT molecular complexity index is 715. The summed E-state index contributed by atoms with van der Waals surface area (Å²) in [6, 6.07) is 4.22. The summed E-state index contributed by atoms with van der Waals surface area (Å²) in [6.45, 7) is 14.9. The number of hydrogen-bond donors (Lipinski definition) is 0. The fraction of sp³-hybridized carbons (Fsp3) is 0.350. The van der Waals surface area contributed by atoms with E-state index >= 15 is 0 Å². The summed E-state index contributed by atoms with van der Waals surface area (Å²) in [5.41, 5.74) is 4.29. The number of benzene rings is 1. The molecule has 2 rings (SSSR count). The minimum atomic E-state index is 0.0548. The Morgan fingerprint density at radius 3 is 2.48 bits per heavy atom. The van der Waals surface area contributed by atoms with Gasteiger partial charge in [-0.25, -0.2) is 0 Å². The molecule has 0 bridgehead atoms. The SMILES string of the molecule is C=CCN(CC=C)C(=O)Cc1coc2cc(C)c(C(C)C)cc12. The smallest absolute Gasteiger partial charge is 0.227 e. The van der Waals surface area contributed by atoms with E-state index in [4.69, 9.17) is 4.42 Å². The average Bonchev–Trinajstić information content (AvgIpc) is 2.87. The Hall–Kier alpha value is -2.29. The number of aryl methyl sites for hydroxylation is 1. The van der Waals surface area contributed by atoms with Crippen molar-refractivity contribution in [2.45, 2.75) is 33.1 Å². The zero-order valence-corrected chi connectivity index (χ0v) is 14.3. The topological polar surface area (TPSA) is 33.5 Å². The number of carbonyl (C=O) groups excluding carboxylic acids is 1. The van der Waals surface area contributed by atoms with Crippen LogP contribution >= 0.6 is 0 Å². The van der Waals surface area contributed by atoms with Crippen molar-refractivity contribution >= 4 is 16.9 Å². The fourth-order valence-electron chi connectivity index (χ4n) is 2.87. The van der Waals surface area contributed by atoms with Gasteiger partial charge in [0.15, 0.2) is 0 Å². The predicted molar refractivity (Wildman–Crippen MR) is 95.7 cm³/mol. The lowest BCUT2D eigenvalue weighted by Gasteiger charge is -2.19. The normalized spacial score (nSPS) is 11.0. The predicted octanol–water partition coefficient (Wildman–Crippen LogP) is 4.61. The summed E-state index contributed by atoms with van der Waals surface area (Å²) in [6.07, 6.45) is 5.49. The van der Waals surface area contributed by atoms with Gasteiger partial charge in [-0.05, 0) is 36.1 Å². The van der Waals surface area contributed by atoms with Crippen molar-refractivity contribution < 1.29 is 9.21 Å². The second-order valence-corrected chi connectivity index (χ2v) is 6.17. The van der Waals surface area contributed by atoms with E-state index in [-0.39, 0.29) is 5.91 Å². The number of nitrogens with zero attached hydrogens (tertiary/aromatic N) is 1. The molecule has 1 heterocycles. The Morgan fingerprint density at radius 1 is 1.26 bits per heavy atom. The highest BCUT2D eigenvalue weighted by Crippen LogP contribution is 2.29. The summed E-state index contributed by atoms with van der Waals surface area (Å²) in [5, 5.41) is 1.03. The van der Waals surface area contributed by atoms with Gasteiger partial charge in [0, 0.05) is 24.0 Å². The third kappa shape index (κ3) is 3.73. The van der Waals surface area contributed by atoms with Gasteiger partial charge in [-0.3, -0.25) is 4.79 Å². The minimum Gasteiger partial charge on any atom is -0.464 e. The van der Waals surface area contributed by atoms with E-state index in [0.29, 0.717) is 25.4 Å². The van der Waals surface area contributed by atoms with Crippen LogP contribution in [-0.2, 0) is 11.2 Å². The first-order valence-corrected chi connectivity index (χ1v) is 7.98. The van der Waals surface area contributed by atoms with Gasteiger partial charge in [0.2, 0.25) is 5.91 Å². The van der Waals surface area contributed by atoms with Crippen molar-refractivity contribution in [2.24, 2.45) is 0 Å². The van der Waals surface area contributed by atoms with E-state index in [2.05, 4.69) is 46.1 Å². The zero-order valence-electron chi connectivity index (χ0n) is 14.3. The molecule has 0 saturated heterocycles. The molecular weight excluding hydrogens is 286 g/mol. The lowest BCUT2D eigenvalue weighted by molar-refractivity contribution is -0.129. The maximum Gasteiger partial charge on any atom is 0.227 e. The lowest BCUT2D eigenvalue weighted by Crippen LogP contribution is -2.32. The van der Waals surface area contributed by atoms with Crippen LogP contribution in [0.15, 0.2) is 48.1 Å². The van der Waals surface area contributed by atoms with Crippen molar-refractivity contribution in [3.63, 3.8) is 0 Å². The van der Waals surface area contributed by atoms with Crippen LogP contribution in [0.5, 0.6) is 0 Å². The number of amides is 1. The summed E-state index contributed by atoms with van der Waals surface area (Å²) < 4.78 is 5.65. The lowest BCUT2D eigenvalue weighted by atomic mass is 9.95. The molecule has 1 aromatic heterocycles. The molecule has 3 nitrogen and oxygen atoms in total. The Balaban J connectivity index is 2.32. The standard InChI is InChI=1S/C20H25NO2/c1-6-8-21(9-7-2)20(22)11-16-13-23-19-10-15(5)17(14(3)4)12-18(16)19/h6-7,10,12-14H,1-2,8-9,11H2,3-5H3. The molecular formula is C20H25NO2. The van der Waals surface area contributed by atoms with Crippen molar-refractivity contribution in [3.05, 3.63) is 60.4 Å². The average molecular weight is 311 g/mol. The zero-order chi connectivity index (χ0) is 17.0. The highest BCUT2D eigenvalue weighted by atomic mass is 16.3. The molecule has 3 heteroatoms. The fourth-order valence-corrected chi connectivity index (χ4v) is 2.87. The van der Waals surface area contributed by atoms with Gasteiger partial charge in [0.25, 0.3) is 0 Å². The van der Waals surface area contributed by atoms with Gasteiger partial charge >= 0.3 is 0 Å². The molecule has 0 aliphatic carbocycles. The molecule has 2 aromatic rings. The number of furan rings is 1. The van der Waals surface area contributed by atoms with Crippen LogP contribution in [-0.4, -0.2) is 23.9 Å². The van der Waals surface area contributed by atoms with Crippen LogP contribution in [0.3, 0.4) is 0 Å². The van der Waals surface area contributed by atoms with Gasteiger partial charge < -0.3 is 9.32 Å². The van der Waals surface area contributed by atoms with Crippen molar-refractivity contribution in [3.8, 4) is 0 Å². The molecule has 0 atom stereocenters. The van der Waals surface area contributed by atoms with Crippen molar-refractivity contribution in [1.82, 2.24) is 4.90 Å². The number of hydrogen-bond acceptors (Lipinski definition) is 2. The molecule has 1 aromatic carbocycles. The van der Waals surface area contributed by atoms with Crippen LogP contribution < -0.4 is 0 Å². The van der Waals surface area contributed by atoms with Crippen LogP contribution in [0.2, 0.25) is 0 Å². The van der Waals surface area contributed by atoms with E-state index in [1.54, 1.807) is 23.3 Å². The van der Waals surface area contributed by atoms with E-state index in [0.717, 1.165) is 16.5 Å². The third-order valence-electron chi connectivity index (χ3n) is 4.06. The van der Waals surface area contributed by atoms with E-state index in [1.165, 1.54) is 11.1 Å². The Morgan fingerprint density at radius 2 is 1.91 bits per heavy atom. The molecule has 1 amide bonds. The van der Waals surface area contributed by atoms with E-state index in [1.807, 2.05) is 0 Å². The highest BCUT2D eigenvalue weighted by molar-refractivity contribution is 5.88. The molecule has 0 N–H and O–H groups in total. The largest absolute Gasteiger partial charge is 0.464 e. The van der Waals surface area contributed by atoms with Gasteiger partial charge in [-0.2, -0.15) is 0 Å². The maximum atomic E-state index is 12.5. The summed E-state index contributed by atoms with van der Waals surface area (Å²) in [5.74, 6) is 0.495. The molecule has 0 radical (unpaired) electrons. The van der Waals surface area contributed by atoms with Crippen molar-refractivity contribution in [1.29, 1.82) is 0 Å². The van der Waals surface area contributed by atoms with Crippen LogP contribution in [0.4, 0.5) is 0 Å². The van der Waals surface area contributed by atoms with Gasteiger partial charge in [-0.15, -0.1) is 13.2 Å². The van der Waals surface area contributed by atoms with Gasteiger partial charge in [-0.1, -0.05) is 26.0 Å². The summed E-state index contributed by atoms with van der Waals surface area (Å²) >= 11 is 0. The van der Waals surface area contributed by atoms with Gasteiger partial charge in [0.05, 0.1) is 12.7 Å². The Labute approximate surface area is 138 Å². The number of fused-ring (bicyclic) bond motifs is 1. The monoisotopic (exact) mass is 311 g/mol. The van der Waals surface area contributed by atoms with Crippen LogP contribution in [0, 0.1) is 6.92 Å². The first kappa shape index (κ1) is 17.1. The highest BCUT2D eigenvalue weighted by Gasteiger charge is 2.16. The van der Waals surface area contributed by atoms with E-state index in [9.17, 15) is 4.79 Å². The molecule has 0 aliphatic heterocycles. The second-order valence-electron chi connectivity index (χ2n) is 6.17. The summed E-state index contributed by atoms with van der Waals surface area (Å²) in [4.78, 5) is 14.2. The Kier molecular flexibility index (Phi) is 5.43. The quantitative estimate of drug-likeness (QED) is 0.700. The summed E-state index contributed by atoms with van der Waals surface area (Å²) in [7, 11) is 0.